The van der Waals surface area contributed by atoms with E-state index in [1.807, 2.05) is 0 Å². The van der Waals surface area contributed by atoms with Crippen LogP contribution in [0.25, 0.3) is 0 Å². The normalized spacial score (nSPS) is 23.6. The predicted octanol–water partition coefficient (Wildman–Crippen LogP) is 2.63. The van der Waals surface area contributed by atoms with Gasteiger partial charge in [0.15, 0.2) is 0 Å². The molecule has 0 aromatic heterocycles. The van der Waals surface area contributed by atoms with Crippen LogP contribution in [-0.4, -0.2) is 22.9 Å². The molecule has 0 aliphatic carbocycles. The lowest BCUT2D eigenvalue weighted by Crippen LogP contribution is -2.33. The van der Waals surface area contributed by atoms with Crippen LogP contribution >= 0.6 is 11.8 Å². The quantitative estimate of drug-likeness (QED) is 0.824. The van der Waals surface area contributed by atoms with Crippen LogP contribution < -0.4 is 5.32 Å². The van der Waals surface area contributed by atoms with Gasteiger partial charge in [-0.15, -0.1) is 11.8 Å². The number of nitrogens with one attached hydrogen (secondary N) is 1. The number of benzene rings is 1. The molecule has 104 valence electrons. The van der Waals surface area contributed by atoms with Gasteiger partial charge >= 0.3 is 12.1 Å². The van der Waals surface area contributed by atoms with Gasteiger partial charge in [-0.05, 0) is 17.7 Å². The molecule has 1 unspecified atom stereocenters. The predicted molar refractivity (Wildman–Crippen MR) is 61.2 cm³/mol. The molecule has 1 aliphatic heterocycles. The van der Waals surface area contributed by atoms with Crippen LogP contribution in [0.15, 0.2) is 18.2 Å². The van der Waals surface area contributed by atoms with Crippen molar-refractivity contribution in [2.24, 2.45) is 0 Å². The van der Waals surface area contributed by atoms with Crippen molar-refractivity contribution >= 4 is 17.7 Å². The molecule has 0 spiro atoms. The second-order valence-corrected chi connectivity index (χ2v) is 5.15. The molecule has 0 radical (unpaired) electrons. The Bertz CT molecular complexity index is 506. The number of hydrogen-bond donors (Lipinski definition) is 2. The summed E-state index contributed by atoms with van der Waals surface area (Å²) in [7, 11) is 0. The number of rotatable bonds is 2. The van der Waals surface area contributed by atoms with Gasteiger partial charge in [0.25, 0.3) is 0 Å². The molecular formula is C11H9F4NO2S. The summed E-state index contributed by atoms with van der Waals surface area (Å²) in [6.45, 7) is 0. The highest BCUT2D eigenvalue weighted by atomic mass is 32.2. The fourth-order valence-corrected chi connectivity index (χ4v) is 2.95. The van der Waals surface area contributed by atoms with Crippen LogP contribution in [0.5, 0.6) is 0 Å². The zero-order valence-electron chi connectivity index (χ0n) is 9.37. The first kappa shape index (κ1) is 14.1. The van der Waals surface area contributed by atoms with Gasteiger partial charge in [0, 0.05) is 5.75 Å². The maximum Gasteiger partial charge on any atom is 0.419 e. The molecule has 0 amide bonds. The van der Waals surface area contributed by atoms with Crippen molar-refractivity contribution in [2.45, 2.75) is 17.6 Å². The molecule has 0 saturated carbocycles. The third-order valence-electron chi connectivity index (χ3n) is 2.68. The van der Waals surface area contributed by atoms with Crippen LogP contribution in [-0.2, 0) is 11.0 Å². The summed E-state index contributed by atoms with van der Waals surface area (Å²) in [5, 5.41) is 10.9. The number of alkyl halides is 3. The highest BCUT2D eigenvalue weighted by molar-refractivity contribution is 7.99. The van der Waals surface area contributed by atoms with E-state index >= 15 is 0 Å². The van der Waals surface area contributed by atoms with E-state index < -0.39 is 34.9 Å². The second kappa shape index (κ2) is 5.01. The molecule has 2 N–H and O–H groups in total. The van der Waals surface area contributed by atoms with Crippen molar-refractivity contribution in [1.82, 2.24) is 5.32 Å². The third-order valence-corrected chi connectivity index (χ3v) is 3.95. The van der Waals surface area contributed by atoms with Crippen LogP contribution in [0.2, 0.25) is 0 Å². The highest BCUT2D eigenvalue weighted by Gasteiger charge is 2.36. The van der Waals surface area contributed by atoms with E-state index in [0.717, 1.165) is 6.07 Å². The fraction of sp³-hybridized carbons (Fsp3) is 0.364. The summed E-state index contributed by atoms with van der Waals surface area (Å²) in [4.78, 5) is 10.7. The Kier molecular flexibility index (Phi) is 3.73. The minimum absolute atomic E-state index is 0.211. The van der Waals surface area contributed by atoms with E-state index in [1.54, 1.807) is 0 Å². The van der Waals surface area contributed by atoms with Gasteiger partial charge in [-0.1, -0.05) is 6.07 Å². The van der Waals surface area contributed by atoms with Gasteiger partial charge in [-0.2, -0.15) is 13.2 Å². The minimum Gasteiger partial charge on any atom is -0.480 e. The van der Waals surface area contributed by atoms with E-state index in [1.165, 1.54) is 17.8 Å². The molecule has 0 bridgehead atoms. The maximum atomic E-state index is 13.1. The summed E-state index contributed by atoms with van der Waals surface area (Å²) in [6, 6.07) is 1.87. The molecule has 1 saturated heterocycles. The lowest BCUT2D eigenvalue weighted by molar-refractivity contribution is -0.140. The number of carboxylic acid groups (broad SMARTS) is 1. The highest BCUT2D eigenvalue weighted by Crippen LogP contribution is 2.37. The molecule has 2 rings (SSSR count). The third kappa shape index (κ3) is 3.01. The Labute approximate surface area is 110 Å². The van der Waals surface area contributed by atoms with Crippen molar-refractivity contribution in [1.29, 1.82) is 0 Å². The van der Waals surface area contributed by atoms with Gasteiger partial charge in [-0.25, -0.2) is 4.39 Å². The zero-order chi connectivity index (χ0) is 14.2. The first-order chi connectivity index (χ1) is 8.79. The number of hydrogen-bond acceptors (Lipinski definition) is 3. The van der Waals surface area contributed by atoms with Crippen molar-refractivity contribution in [3.05, 3.63) is 35.1 Å². The van der Waals surface area contributed by atoms with E-state index in [9.17, 15) is 22.4 Å². The topological polar surface area (TPSA) is 49.3 Å². The molecule has 1 aliphatic rings. The molecule has 1 heterocycles. The Balaban J connectivity index is 2.25. The molecule has 8 heteroatoms. The number of carboxylic acids is 1. The molecular weight excluding hydrogens is 286 g/mol. The van der Waals surface area contributed by atoms with Gasteiger partial charge in [0.2, 0.25) is 0 Å². The number of thioether (sulfide) groups is 1. The average molecular weight is 295 g/mol. The first-order valence-corrected chi connectivity index (χ1v) is 6.31. The smallest absolute Gasteiger partial charge is 0.419 e. The summed E-state index contributed by atoms with van der Waals surface area (Å²) < 4.78 is 50.8. The van der Waals surface area contributed by atoms with Crippen molar-refractivity contribution in [2.75, 3.05) is 5.75 Å². The molecule has 19 heavy (non-hydrogen) atoms. The lowest BCUT2D eigenvalue weighted by Gasteiger charge is -2.14. The van der Waals surface area contributed by atoms with Gasteiger partial charge in [0.05, 0.1) is 10.9 Å². The van der Waals surface area contributed by atoms with Crippen LogP contribution in [0.3, 0.4) is 0 Å². The Hall–Kier alpha value is -1.28. The van der Waals surface area contributed by atoms with Gasteiger partial charge in [-0.3, -0.25) is 10.1 Å². The van der Waals surface area contributed by atoms with Gasteiger partial charge < -0.3 is 5.11 Å². The Morgan fingerprint density at radius 3 is 2.63 bits per heavy atom. The van der Waals surface area contributed by atoms with Crippen LogP contribution in [0.1, 0.15) is 16.5 Å². The van der Waals surface area contributed by atoms with Crippen molar-refractivity contribution in [3.63, 3.8) is 0 Å². The Morgan fingerprint density at radius 2 is 2.11 bits per heavy atom. The molecule has 1 aromatic carbocycles. The number of aliphatic carboxylic acids is 1. The monoisotopic (exact) mass is 295 g/mol. The molecule has 1 fully saturated rings. The fourth-order valence-electron chi connectivity index (χ4n) is 1.73. The van der Waals surface area contributed by atoms with Crippen LogP contribution in [0.4, 0.5) is 17.6 Å². The molecule has 3 nitrogen and oxygen atoms in total. The molecule has 1 aromatic rings. The lowest BCUT2D eigenvalue weighted by atomic mass is 10.1. The van der Waals surface area contributed by atoms with E-state index in [2.05, 4.69) is 5.32 Å². The van der Waals surface area contributed by atoms with E-state index in [-0.39, 0.29) is 11.3 Å². The largest absolute Gasteiger partial charge is 0.480 e. The minimum atomic E-state index is -4.77. The van der Waals surface area contributed by atoms with Gasteiger partial charge in [0.1, 0.15) is 11.9 Å². The van der Waals surface area contributed by atoms with Crippen LogP contribution in [0, 0.1) is 5.82 Å². The first-order valence-electron chi connectivity index (χ1n) is 5.26. The van der Waals surface area contributed by atoms with Crippen molar-refractivity contribution in [3.8, 4) is 0 Å². The second-order valence-electron chi connectivity index (χ2n) is 4.01. The Morgan fingerprint density at radius 1 is 1.42 bits per heavy atom. The SMILES string of the molecule is O=C(O)[C@H]1CSC(c2ccc(F)c(C(F)(F)F)c2)N1. The number of carbonyl (C=O) groups is 1. The average Bonchev–Trinajstić information content (AvgIpc) is 2.77. The summed E-state index contributed by atoms with van der Waals surface area (Å²) in [5.74, 6) is -2.15. The summed E-state index contributed by atoms with van der Waals surface area (Å²) in [6.07, 6.45) is -4.77. The maximum absolute atomic E-state index is 13.1. The summed E-state index contributed by atoms with van der Waals surface area (Å²) in [5.41, 5.74) is -1.13. The van der Waals surface area contributed by atoms with Crippen molar-refractivity contribution < 1.29 is 27.5 Å². The van der Waals surface area contributed by atoms with E-state index in [0.29, 0.717) is 6.07 Å². The molecule has 2 atom stereocenters. The zero-order valence-corrected chi connectivity index (χ0v) is 10.2. The summed E-state index contributed by atoms with van der Waals surface area (Å²) >= 11 is 1.18. The number of halogens is 4. The van der Waals surface area contributed by atoms with E-state index in [4.69, 9.17) is 5.11 Å². The standard InChI is InChI=1S/C11H9F4NO2S/c12-7-2-1-5(3-6(7)11(13,14)15)9-16-8(4-19-9)10(17)18/h1-3,8-9,16H,4H2,(H,17,18)/t8-,9?/m1/s1.